The molecule has 1 N–H and O–H groups in total. The lowest BCUT2D eigenvalue weighted by molar-refractivity contribution is 1.09. The lowest BCUT2D eigenvalue weighted by Crippen LogP contribution is -2.00. The van der Waals surface area contributed by atoms with E-state index in [1.807, 2.05) is 14.0 Å². The minimum absolute atomic E-state index is 0.753. The summed E-state index contributed by atoms with van der Waals surface area (Å²) in [5.74, 6) is 1.57. The molecular weight excluding hydrogens is 290 g/mol. The summed E-state index contributed by atoms with van der Waals surface area (Å²) in [7, 11) is 1.86. The molecule has 0 atom stereocenters. The first-order chi connectivity index (χ1) is 8.65. The van der Waals surface area contributed by atoms with Crippen LogP contribution < -0.4 is 5.32 Å². The van der Waals surface area contributed by atoms with E-state index >= 15 is 0 Å². The number of benzene rings is 1. The molecule has 18 heavy (non-hydrogen) atoms. The van der Waals surface area contributed by atoms with E-state index in [-0.39, 0.29) is 0 Å². The molecule has 0 fully saturated rings. The van der Waals surface area contributed by atoms with Crippen LogP contribution in [0.25, 0.3) is 11.4 Å². The van der Waals surface area contributed by atoms with Gasteiger partial charge in [-0.25, -0.2) is 9.97 Å². The summed E-state index contributed by atoms with van der Waals surface area (Å²) in [6.07, 6.45) is 1.04. The molecule has 2 aromatic rings. The average molecular weight is 306 g/mol. The van der Waals surface area contributed by atoms with Gasteiger partial charge in [-0.1, -0.05) is 31.2 Å². The van der Waals surface area contributed by atoms with Crippen molar-refractivity contribution >= 4 is 21.7 Å². The number of aromatic nitrogens is 2. The molecule has 0 radical (unpaired) electrons. The third-order valence-electron chi connectivity index (χ3n) is 2.87. The summed E-state index contributed by atoms with van der Waals surface area (Å²) in [6.45, 7) is 4.12. The van der Waals surface area contributed by atoms with Gasteiger partial charge in [0.05, 0.1) is 10.2 Å². The molecule has 0 aliphatic heterocycles. The zero-order valence-corrected chi connectivity index (χ0v) is 12.4. The van der Waals surface area contributed by atoms with Crippen molar-refractivity contribution in [3.05, 3.63) is 40.0 Å². The lowest BCUT2D eigenvalue weighted by Gasteiger charge is -2.09. The van der Waals surface area contributed by atoms with Gasteiger partial charge >= 0.3 is 0 Å². The summed E-state index contributed by atoms with van der Waals surface area (Å²) < 4.78 is 0.916. The van der Waals surface area contributed by atoms with Crippen molar-refractivity contribution in [1.82, 2.24) is 9.97 Å². The van der Waals surface area contributed by atoms with Crippen LogP contribution in [0.5, 0.6) is 0 Å². The van der Waals surface area contributed by atoms with Crippen LogP contribution in [0.1, 0.15) is 18.2 Å². The van der Waals surface area contributed by atoms with Gasteiger partial charge in [0.15, 0.2) is 5.82 Å². The van der Waals surface area contributed by atoms with Crippen LogP contribution in [0.2, 0.25) is 0 Å². The monoisotopic (exact) mass is 305 g/mol. The molecule has 2 rings (SSSR count). The number of anilines is 1. The number of hydrogen-bond acceptors (Lipinski definition) is 3. The summed E-state index contributed by atoms with van der Waals surface area (Å²) in [6, 6.07) is 8.38. The van der Waals surface area contributed by atoms with E-state index < -0.39 is 0 Å². The number of aryl methyl sites for hydroxylation is 2. The SMILES string of the molecule is CCc1ccc(-c2nc(C)c(Br)c(NC)n2)cc1. The minimum atomic E-state index is 0.753. The fraction of sp³-hybridized carbons (Fsp3) is 0.286. The van der Waals surface area contributed by atoms with Crippen LogP contribution >= 0.6 is 15.9 Å². The molecule has 0 bridgehead atoms. The maximum atomic E-state index is 4.51. The topological polar surface area (TPSA) is 37.8 Å². The molecule has 0 aliphatic carbocycles. The smallest absolute Gasteiger partial charge is 0.161 e. The van der Waals surface area contributed by atoms with E-state index in [4.69, 9.17) is 0 Å². The molecule has 0 unspecified atom stereocenters. The Morgan fingerprint density at radius 3 is 2.39 bits per heavy atom. The highest BCUT2D eigenvalue weighted by Crippen LogP contribution is 2.26. The van der Waals surface area contributed by atoms with Gasteiger partial charge < -0.3 is 5.32 Å². The van der Waals surface area contributed by atoms with Gasteiger partial charge in [0, 0.05) is 12.6 Å². The van der Waals surface area contributed by atoms with Crippen molar-refractivity contribution in [3.63, 3.8) is 0 Å². The van der Waals surface area contributed by atoms with Gasteiger partial charge in [0.2, 0.25) is 0 Å². The van der Waals surface area contributed by atoms with Crippen molar-refractivity contribution in [2.75, 3.05) is 12.4 Å². The fourth-order valence-corrected chi connectivity index (χ4v) is 2.12. The van der Waals surface area contributed by atoms with Crippen LogP contribution in [0.3, 0.4) is 0 Å². The van der Waals surface area contributed by atoms with E-state index in [0.29, 0.717) is 0 Å². The highest BCUT2D eigenvalue weighted by Gasteiger charge is 2.09. The predicted molar refractivity (Wildman–Crippen MR) is 78.8 cm³/mol. The zero-order chi connectivity index (χ0) is 13.1. The molecule has 0 saturated heterocycles. The molecular formula is C14H16BrN3. The van der Waals surface area contributed by atoms with E-state index in [2.05, 4.69) is 62.4 Å². The quantitative estimate of drug-likeness (QED) is 0.937. The Labute approximate surface area is 116 Å². The van der Waals surface area contributed by atoms with Crippen molar-refractivity contribution in [1.29, 1.82) is 0 Å². The first-order valence-electron chi connectivity index (χ1n) is 5.97. The van der Waals surface area contributed by atoms with Gasteiger partial charge in [-0.2, -0.15) is 0 Å². The van der Waals surface area contributed by atoms with Crippen LogP contribution in [-0.2, 0) is 6.42 Å². The van der Waals surface area contributed by atoms with Gasteiger partial charge in [-0.15, -0.1) is 0 Å². The number of halogens is 1. The van der Waals surface area contributed by atoms with Crippen LogP contribution in [0.15, 0.2) is 28.7 Å². The predicted octanol–water partition coefficient (Wildman–Crippen LogP) is 3.82. The first kappa shape index (κ1) is 13.0. The average Bonchev–Trinajstić information content (AvgIpc) is 2.42. The Balaban J connectivity index is 2.46. The van der Waals surface area contributed by atoms with E-state index in [1.54, 1.807) is 0 Å². The molecule has 3 nitrogen and oxygen atoms in total. The molecule has 0 saturated carbocycles. The molecule has 94 valence electrons. The van der Waals surface area contributed by atoms with E-state index in [1.165, 1.54) is 5.56 Å². The summed E-state index contributed by atoms with van der Waals surface area (Å²) in [4.78, 5) is 9.02. The second-order valence-electron chi connectivity index (χ2n) is 4.10. The van der Waals surface area contributed by atoms with Gasteiger partial charge in [0.25, 0.3) is 0 Å². The Hall–Kier alpha value is -1.42. The second-order valence-corrected chi connectivity index (χ2v) is 4.89. The van der Waals surface area contributed by atoms with E-state index in [0.717, 1.165) is 33.8 Å². The van der Waals surface area contributed by atoms with Gasteiger partial charge in [-0.05, 0) is 34.8 Å². The fourth-order valence-electron chi connectivity index (χ4n) is 1.74. The van der Waals surface area contributed by atoms with Gasteiger partial charge in [-0.3, -0.25) is 0 Å². The number of nitrogens with zero attached hydrogens (tertiary/aromatic N) is 2. The summed E-state index contributed by atoms with van der Waals surface area (Å²) in [5.41, 5.74) is 3.30. The van der Waals surface area contributed by atoms with Crippen LogP contribution in [0, 0.1) is 6.92 Å². The molecule has 0 amide bonds. The molecule has 0 spiro atoms. The largest absolute Gasteiger partial charge is 0.372 e. The third kappa shape index (κ3) is 2.53. The van der Waals surface area contributed by atoms with Gasteiger partial charge in [0.1, 0.15) is 5.82 Å². The summed E-state index contributed by atoms with van der Waals surface area (Å²) in [5, 5.41) is 3.07. The molecule has 1 aromatic heterocycles. The third-order valence-corrected chi connectivity index (χ3v) is 3.82. The maximum Gasteiger partial charge on any atom is 0.161 e. The first-order valence-corrected chi connectivity index (χ1v) is 6.76. The highest BCUT2D eigenvalue weighted by molar-refractivity contribution is 9.10. The minimum Gasteiger partial charge on any atom is -0.372 e. The molecule has 0 aliphatic rings. The highest BCUT2D eigenvalue weighted by atomic mass is 79.9. The van der Waals surface area contributed by atoms with E-state index in [9.17, 15) is 0 Å². The maximum absolute atomic E-state index is 4.51. The normalized spacial score (nSPS) is 10.4. The Morgan fingerprint density at radius 1 is 1.17 bits per heavy atom. The molecule has 1 aromatic carbocycles. The number of nitrogens with one attached hydrogen (secondary N) is 1. The second kappa shape index (κ2) is 5.48. The van der Waals surface area contributed by atoms with Crippen LogP contribution in [0.4, 0.5) is 5.82 Å². The number of rotatable bonds is 3. The Morgan fingerprint density at radius 2 is 1.83 bits per heavy atom. The van der Waals surface area contributed by atoms with Crippen LogP contribution in [-0.4, -0.2) is 17.0 Å². The number of hydrogen-bond donors (Lipinski definition) is 1. The molecule has 1 heterocycles. The van der Waals surface area contributed by atoms with Crippen molar-refractivity contribution in [2.24, 2.45) is 0 Å². The van der Waals surface area contributed by atoms with Crippen molar-refractivity contribution < 1.29 is 0 Å². The lowest BCUT2D eigenvalue weighted by atomic mass is 10.1. The van der Waals surface area contributed by atoms with Crippen molar-refractivity contribution in [2.45, 2.75) is 20.3 Å². The zero-order valence-electron chi connectivity index (χ0n) is 10.8. The Kier molecular flexibility index (Phi) is 3.97. The van der Waals surface area contributed by atoms with Crippen molar-refractivity contribution in [3.8, 4) is 11.4 Å². The molecule has 4 heteroatoms. The summed E-state index contributed by atoms with van der Waals surface area (Å²) >= 11 is 3.48. The standard InChI is InChI=1S/C14H16BrN3/c1-4-10-5-7-11(8-6-10)13-17-9(2)12(15)14(16-3)18-13/h5-8H,4H2,1-3H3,(H,16,17,18). The Bertz CT molecular complexity index is 550.